The molecule has 1 atom stereocenters. The molecule has 2 nitrogen and oxygen atoms in total. The molecule has 1 N–H and O–H groups in total. The van der Waals surface area contributed by atoms with Crippen LogP contribution in [0.15, 0.2) is 0 Å². The number of nitrogens with one attached hydrogen (secondary N) is 1. The quantitative estimate of drug-likeness (QED) is 0.786. The van der Waals surface area contributed by atoms with Crippen molar-refractivity contribution < 1.29 is 0 Å². The minimum atomic E-state index is 0.371. The zero-order valence-electron chi connectivity index (χ0n) is 13.8. The Balaban J connectivity index is 2.22. The molecule has 1 heterocycles. The van der Waals surface area contributed by atoms with Gasteiger partial charge in [0.2, 0.25) is 0 Å². The molecule has 1 saturated heterocycles. The summed E-state index contributed by atoms with van der Waals surface area (Å²) < 4.78 is 0. The third-order valence-electron chi connectivity index (χ3n) is 6.11. The molecule has 0 bridgehead atoms. The Labute approximate surface area is 120 Å². The van der Waals surface area contributed by atoms with Crippen LogP contribution in [0.4, 0.5) is 0 Å². The van der Waals surface area contributed by atoms with Crippen molar-refractivity contribution in [2.75, 3.05) is 13.1 Å². The van der Waals surface area contributed by atoms with Gasteiger partial charge < -0.3 is 5.32 Å². The van der Waals surface area contributed by atoms with Gasteiger partial charge in [0, 0.05) is 30.2 Å². The third kappa shape index (κ3) is 2.71. The van der Waals surface area contributed by atoms with Crippen molar-refractivity contribution in [1.29, 1.82) is 0 Å². The molecule has 1 aliphatic carbocycles. The average molecular weight is 266 g/mol. The Hall–Kier alpha value is -0.0800. The second kappa shape index (κ2) is 5.73. The molecule has 1 unspecified atom stereocenters. The lowest BCUT2D eigenvalue weighted by Crippen LogP contribution is -2.71. The van der Waals surface area contributed by atoms with Crippen molar-refractivity contribution >= 4 is 0 Å². The third-order valence-corrected chi connectivity index (χ3v) is 6.11. The van der Waals surface area contributed by atoms with Crippen molar-refractivity contribution in [2.24, 2.45) is 5.92 Å². The predicted octanol–water partition coefficient (Wildman–Crippen LogP) is 3.81. The summed E-state index contributed by atoms with van der Waals surface area (Å²) in [5, 5.41) is 3.94. The van der Waals surface area contributed by atoms with Crippen LogP contribution in [0.25, 0.3) is 0 Å². The normalized spacial score (nSPS) is 31.9. The van der Waals surface area contributed by atoms with Crippen molar-refractivity contribution in [3.05, 3.63) is 0 Å². The molecule has 0 radical (unpaired) electrons. The molecule has 2 rings (SSSR count). The molecular formula is C17H34N2. The maximum Gasteiger partial charge on any atom is 0.0332 e. The molecular weight excluding hydrogens is 232 g/mol. The number of hydrogen-bond acceptors (Lipinski definition) is 2. The van der Waals surface area contributed by atoms with Gasteiger partial charge >= 0.3 is 0 Å². The van der Waals surface area contributed by atoms with Crippen LogP contribution >= 0.6 is 0 Å². The number of hydrogen-bond donors (Lipinski definition) is 1. The summed E-state index contributed by atoms with van der Waals surface area (Å²) in [6.07, 6.45) is 8.00. The lowest BCUT2D eigenvalue weighted by molar-refractivity contribution is -0.0365. The maximum atomic E-state index is 3.94. The van der Waals surface area contributed by atoms with Crippen LogP contribution in [-0.4, -0.2) is 35.1 Å². The minimum absolute atomic E-state index is 0.371. The van der Waals surface area contributed by atoms with Crippen molar-refractivity contribution in [2.45, 2.75) is 90.3 Å². The Morgan fingerprint density at radius 2 is 1.68 bits per heavy atom. The minimum Gasteiger partial charge on any atom is -0.308 e. The molecule has 2 fully saturated rings. The van der Waals surface area contributed by atoms with Gasteiger partial charge in [-0.2, -0.15) is 0 Å². The van der Waals surface area contributed by atoms with E-state index in [1.165, 1.54) is 51.6 Å². The SMILES string of the molecule is CCC(CC)N1CC(C)(C2CC2)NCC1(CC)CC. The second-order valence-corrected chi connectivity index (χ2v) is 7.07. The Morgan fingerprint density at radius 1 is 1.11 bits per heavy atom. The van der Waals surface area contributed by atoms with Crippen LogP contribution in [-0.2, 0) is 0 Å². The van der Waals surface area contributed by atoms with E-state index in [0.29, 0.717) is 11.1 Å². The molecule has 0 aromatic rings. The largest absolute Gasteiger partial charge is 0.308 e. The number of piperazine rings is 1. The fourth-order valence-electron chi connectivity index (χ4n) is 4.19. The number of rotatable bonds is 6. The summed E-state index contributed by atoms with van der Waals surface area (Å²) in [6, 6.07) is 0.764. The van der Waals surface area contributed by atoms with E-state index in [9.17, 15) is 0 Å². The first kappa shape index (κ1) is 15.3. The molecule has 0 aromatic carbocycles. The zero-order valence-corrected chi connectivity index (χ0v) is 13.8. The van der Waals surface area contributed by atoms with E-state index < -0.39 is 0 Å². The van der Waals surface area contributed by atoms with Crippen LogP contribution in [0.2, 0.25) is 0 Å². The molecule has 0 amide bonds. The summed E-state index contributed by atoms with van der Waals surface area (Å²) in [7, 11) is 0. The highest BCUT2D eigenvalue weighted by Gasteiger charge is 2.50. The van der Waals surface area contributed by atoms with E-state index in [1.54, 1.807) is 0 Å². The smallest absolute Gasteiger partial charge is 0.0332 e. The molecule has 1 saturated carbocycles. The second-order valence-electron chi connectivity index (χ2n) is 7.07. The van der Waals surface area contributed by atoms with Crippen molar-refractivity contribution in [3.8, 4) is 0 Å². The van der Waals surface area contributed by atoms with Gasteiger partial charge in [0.15, 0.2) is 0 Å². The Kier molecular flexibility index (Phi) is 4.62. The van der Waals surface area contributed by atoms with Gasteiger partial charge in [-0.1, -0.05) is 27.7 Å². The van der Waals surface area contributed by atoms with Crippen LogP contribution in [0, 0.1) is 5.92 Å². The summed E-state index contributed by atoms with van der Waals surface area (Å²) in [6.45, 7) is 14.4. The lowest BCUT2D eigenvalue weighted by atomic mass is 9.80. The highest BCUT2D eigenvalue weighted by molar-refractivity contribution is 5.09. The highest BCUT2D eigenvalue weighted by atomic mass is 15.3. The van der Waals surface area contributed by atoms with E-state index in [0.717, 1.165) is 12.0 Å². The average Bonchev–Trinajstić information content (AvgIpc) is 3.26. The fraction of sp³-hybridized carbons (Fsp3) is 1.00. The molecule has 2 aliphatic rings. The summed E-state index contributed by atoms with van der Waals surface area (Å²) in [4.78, 5) is 2.89. The lowest BCUT2D eigenvalue weighted by Gasteiger charge is -2.56. The zero-order chi connectivity index (χ0) is 14.1. The van der Waals surface area contributed by atoms with Gasteiger partial charge in [-0.25, -0.2) is 0 Å². The van der Waals surface area contributed by atoms with Crippen LogP contribution < -0.4 is 5.32 Å². The van der Waals surface area contributed by atoms with Gasteiger partial charge in [-0.3, -0.25) is 4.90 Å². The van der Waals surface area contributed by atoms with E-state index in [-0.39, 0.29) is 0 Å². The first-order valence-electron chi connectivity index (χ1n) is 8.57. The molecule has 0 spiro atoms. The molecule has 1 aliphatic heterocycles. The van der Waals surface area contributed by atoms with E-state index >= 15 is 0 Å². The Morgan fingerprint density at radius 3 is 2.11 bits per heavy atom. The summed E-state index contributed by atoms with van der Waals surface area (Å²) in [5.41, 5.74) is 0.765. The van der Waals surface area contributed by atoms with Gasteiger partial charge in [0.1, 0.15) is 0 Å². The van der Waals surface area contributed by atoms with Crippen molar-refractivity contribution in [3.63, 3.8) is 0 Å². The van der Waals surface area contributed by atoms with Crippen molar-refractivity contribution in [1.82, 2.24) is 10.2 Å². The van der Waals surface area contributed by atoms with Crippen LogP contribution in [0.5, 0.6) is 0 Å². The topological polar surface area (TPSA) is 15.3 Å². The highest BCUT2D eigenvalue weighted by Crippen LogP contribution is 2.44. The van der Waals surface area contributed by atoms with Crippen LogP contribution in [0.1, 0.15) is 73.1 Å². The molecule has 2 heteroatoms. The maximum absolute atomic E-state index is 3.94. The fourth-order valence-corrected chi connectivity index (χ4v) is 4.19. The van der Waals surface area contributed by atoms with Gasteiger partial charge in [-0.05, 0) is 51.4 Å². The van der Waals surface area contributed by atoms with E-state index in [1.807, 2.05) is 0 Å². The monoisotopic (exact) mass is 266 g/mol. The van der Waals surface area contributed by atoms with E-state index in [4.69, 9.17) is 0 Å². The molecule has 0 aromatic heterocycles. The first-order chi connectivity index (χ1) is 9.05. The van der Waals surface area contributed by atoms with E-state index in [2.05, 4.69) is 44.8 Å². The van der Waals surface area contributed by atoms with Crippen LogP contribution in [0.3, 0.4) is 0 Å². The first-order valence-corrected chi connectivity index (χ1v) is 8.57. The van der Waals surface area contributed by atoms with Gasteiger partial charge in [0.05, 0.1) is 0 Å². The van der Waals surface area contributed by atoms with Gasteiger partial charge in [-0.15, -0.1) is 0 Å². The summed E-state index contributed by atoms with van der Waals surface area (Å²) in [5.74, 6) is 0.927. The number of nitrogens with zero attached hydrogens (tertiary/aromatic N) is 1. The predicted molar refractivity (Wildman–Crippen MR) is 83.5 cm³/mol. The summed E-state index contributed by atoms with van der Waals surface area (Å²) >= 11 is 0. The molecule has 19 heavy (non-hydrogen) atoms. The molecule has 112 valence electrons. The van der Waals surface area contributed by atoms with Gasteiger partial charge in [0.25, 0.3) is 0 Å². The standard InChI is InChI=1S/C17H34N2/c1-6-15(7-2)19-13-16(5,14-10-11-14)18-12-17(19,8-3)9-4/h14-15,18H,6-13H2,1-5H3. The Bertz CT molecular complexity index is 290.